The molecule has 2 heteroatoms. The number of rotatable bonds is 5. The Morgan fingerprint density at radius 3 is 2.71 bits per heavy atom. The summed E-state index contributed by atoms with van der Waals surface area (Å²) < 4.78 is 5.37. The third-order valence-electron chi connectivity index (χ3n) is 2.93. The Labute approximate surface area is 86.3 Å². The minimum atomic E-state index is -0.268. The first-order valence-corrected chi connectivity index (χ1v) is 5.61. The van der Waals surface area contributed by atoms with E-state index < -0.39 is 0 Å². The van der Waals surface area contributed by atoms with Crippen molar-refractivity contribution in [3.8, 4) is 0 Å². The molecule has 0 aromatic carbocycles. The molecule has 1 atom stereocenters. The third-order valence-corrected chi connectivity index (χ3v) is 2.93. The lowest BCUT2D eigenvalue weighted by molar-refractivity contribution is -0.146. The summed E-state index contributed by atoms with van der Waals surface area (Å²) in [5.74, 6) is 0.328. The van der Waals surface area contributed by atoms with Crippen LogP contribution in [-0.2, 0) is 9.53 Å². The van der Waals surface area contributed by atoms with Crippen molar-refractivity contribution in [3.05, 3.63) is 12.7 Å². The van der Waals surface area contributed by atoms with E-state index >= 15 is 0 Å². The quantitative estimate of drug-likeness (QED) is 0.499. The minimum Gasteiger partial charge on any atom is -0.459 e. The molecule has 0 aliphatic heterocycles. The van der Waals surface area contributed by atoms with Gasteiger partial charge in [0.15, 0.2) is 0 Å². The summed E-state index contributed by atoms with van der Waals surface area (Å²) in [4.78, 5) is 11.1. The van der Waals surface area contributed by atoms with Crippen LogP contribution in [0.4, 0.5) is 0 Å². The van der Waals surface area contributed by atoms with Gasteiger partial charge in [0, 0.05) is 6.08 Å². The van der Waals surface area contributed by atoms with Crippen LogP contribution >= 0.6 is 0 Å². The largest absolute Gasteiger partial charge is 0.459 e. The Kier molecular flexibility index (Phi) is 4.71. The molecule has 80 valence electrons. The van der Waals surface area contributed by atoms with E-state index in [1.807, 2.05) is 0 Å². The monoisotopic (exact) mass is 196 g/mol. The molecule has 1 aliphatic rings. The minimum absolute atomic E-state index is 0.132. The fourth-order valence-electron chi connectivity index (χ4n) is 2.20. The predicted octanol–water partition coefficient (Wildman–Crippen LogP) is 3.07. The van der Waals surface area contributed by atoms with Crippen molar-refractivity contribution in [2.24, 2.45) is 5.92 Å². The summed E-state index contributed by atoms with van der Waals surface area (Å²) in [6.45, 7) is 5.55. The van der Waals surface area contributed by atoms with Gasteiger partial charge in [-0.2, -0.15) is 0 Å². The number of carbonyl (C=O) groups excluding carboxylic acids is 1. The summed E-state index contributed by atoms with van der Waals surface area (Å²) in [7, 11) is 0. The Hall–Kier alpha value is -0.790. The molecule has 1 rings (SSSR count). The number of esters is 1. The van der Waals surface area contributed by atoms with Gasteiger partial charge in [0.2, 0.25) is 0 Å². The molecule has 14 heavy (non-hydrogen) atoms. The lowest BCUT2D eigenvalue weighted by Crippen LogP contribution is -2.24. The van der Waals surface area contributed by atoms with Gasteiger partial charge < -0.3 is 4.74 Å². The van der Waals surface area contributed by atoms with Crippen LogP contribution in [0.1, 0.15) is 45.4 Å². The molecular weight excluding hydrogens is 176 g/mol. The summed E-state index contributed by atoms with van der Waals surface area (Å²) in [6.07, 6.45) is 8.47. The van der Waals surface area contributed by atoms with E-state index in [1.165, 1.54) is 31.8 Å². The zero-order valence-corrected chi connectivity index (χ0v) is 9.00. The first-order chi connectivity index (χ1) is 6.77. The Morgan fingerprint density at radius 2 is 2.21 bits per heavy atom. The lowest BCUT2D eigenvalue weighted by atomic mass is 9.97. The number of carbonyl (C=O) groups is 1. The van der Waals surface area contributed by atoms with Gasteiger partial charge in [0.1, 0.15) is 6.10 Å². The van der Waals surface area contributed by atoms with Crippen molar-refractivity contribution in [3.63, 3.8) is 0 Å². The van der Waals surface area contributed by atoms with Crippen LogP contribution in [0.3, 0.4) is 0 Å². The smallest absolute Gasteiger partial charge is 0.330 e. The highest BCUT2D eigenvalue weighted by Crippen LogP contribution is 2.31. The molecule has 1 aliphatic carbocycles. The van der Waals surface area contributed by atoms with Gasteiger partial charge in [-0.15, -0.1) is 0 Å². The van der Waals surface area contributed by atoms with Crippen molar-refractivity contribution in [1.29, 1.82) is 0 Å². The average Bonchev–Trinajstić information content (AvgIpc) is 2.69. The molecule has 0 bridgehead atoms. The zero-order valence-electron chi connectivity index (χ0n) is 9.00. The molecule has 0 N–H and O–H groups in total. The second-order valence-corrected chi connectivity index (χ2v) is 4.01. The van der Waals surface area contributed by atoms with Gasteiger partial charge in [-0.1, -0.05) is 32.8 Å². The maximum atomic E-state index is 11.1. The normalized spacial score (nSPS) is 19.2. The van der Waals surface area contributed by atoms with E-state index in [-0.39, 0.29) is 12.1 Å². The van der Waals surface area contributed by atoms with Crippen molar-refractivity contribution < 1.29 is 9.53 Å². The first kappa shape index (κ1) is 11.3. The van der Waals surface area contributed by atoms with Gasteiger partial charge in [0.25, 0.3) is 0 Å². The van der Waals surface area contributed by atoms with Gasteiger partial charge in [-0.25, -0.2) is 4.79 Å². The molecule has 0 aromatic rings. The highest BCUT2D eigenvalue weighted by molar-refractivity contribution is 5.81. The standard InChI is InChI=1S/C12H20O2/c1-3-7-11(14-12(13)4-2)10-8-5-6-9-10/h4,10-11H,2-3,5-9H2,1H3. The van der Waals surface area contributed by atoms with Crippen molar-refractivity contribution in [2.75, 3.05) is 0 Å². The fraction of sp³-hybridized carbons (Fsp3) is 0.750. The summed E-state index contributed by atoms with van der Waals surface area (Å²) in [5.41, 5.74) is 0. The maximum absolute atomic E-state index is 11.1. The van der Waals surface area contributed by atoms with Crippen molar-refractivity contribution in [2.45, 2.75) is 51.6 Å². The lowest BCUT2D eigenvalue weighted by Gasteiger charge is -2.22. The maximum Gasteiger partial charge on any atom is 0.330 e. The summed E-state index contributed by atoms with van der Waals surface area (Å²) in [6, 6.07) is 0. The van der Waals surface area contributed by atoms with E-state index in [9.17, 15) is 4.79 Å². The van der Waals surface area contributed by atoms with Crippen LogP contribution in [-0.4, -0.2) is 12.1 Å². The van der Waals surface area contributed by atoms with Gasteiger partial charge in [-0.3, -0.25) is 0 Å². The van der Waals surface area contributed by atoms with E-state index in [4.69, 9.17) is 4.74 Å². The van der Waals surface area contributed by atoms with Crippen molar-refractivity contribution in [1.82, 2.24) is 0 Å². The van der Waals surface area contributed by atoms with E-state index in [1.54, 1.807) is 0 Å². The SMILES string of the molecule is C=CC(=O)OC(CCC)C1CCCC1. The molecule has 0 radical (unpaired) electrons. The van der Waals surface area contributed by atoms with Gasteiger partial charge >= 0.3 is 5.97 Å². The fourth-order valence-corrected chi connectivity index (χ4v) is 2.20. The van der Waals surface area contributed by atoms with Crippen LogP contribution in [0.25, 0.3) is 0 Å². The average molecular weight is 196 g/mol. The molecule has 2 nitrogen and oxygen atoms in total. The number of hydrogen-bond donors (Lipinski definition) is 0. The van der Waals surface area contributed by atoms with Gasteiger partial charge in [-0.05, 0) is 25.2 Å². The molecule has 0 saturated heterocycles. The second kappa shape index (κ2) is 5.84. The van der Waals surface area contributed by atoms with Crippen molar-refractivity contribution >= 4 is 5.97 Å². The topological polar surface area (TPSA) is 26.3 Å². The summed E-state index contributed by atoms with van der Waals surface area (Å²) in [5, 5.41) is 0. The molecule has 0 amide bonds. The number of hydrogen-bond acceptors (Lipinski definition) is 2. The van der Waals surface area contributed by atoms with Crippen LogP contribution < -0.4 is 0 Å². The van der Waals surface area contributed by atoms with Crippen LogP contribution in [0.15, 0.2) is 12.7 Å². The molecule has 0 aromatic heterocycles. The number of ether oxygens (including phenoxy) is 1. The Morgan fingerprint density at radius 1 is 1.57 bits per heavy atom. The molecule has 0 spiro atoms. The Balaban J connectivity index is 2.44. The second-order valence-electron chi connectivity index (χ2n) is 4.01. The van der Waals surface area contributed by atoms with E-state index in [2.05, 4.69) is 13.5 Å². The van der Waals surface area contributed by atoms with E-state index in [0.29, 0.717) is 5.92 Å². The molecule has 0 heterocycles. The molecule has 1 saturated carbocycles. The third kappa shape index (κ3) is 3.17. The highest BCUT2D eigenvalue weighted by Gasteiger charge is 2.26. The van der Waals surface area contributed by atoms with Crippen LogP contribution in [0.5, 0.6) is 0 Å². The van der Waals surface area contributed by atoms with Gasteiger partial charge in [0.05, 0.1) is 0 Å². The Bertz CT molecular complexity index is 192. The predicted molar refractivity (Wildman–Crippen MR) is 56.9 cm³/mol. The molecular formula is C12H20O2. The van der Waals surface area contributed by atoms with Crippen LogP contribution in [0.2, 0.25) is 0 Å². The molecule has 1 fully saturated rings. The van der Waals surface area contributed by atoms with E-state index in [0.717, 1.165) is 12.8 Å². The highest BCUT2D eigenvalue weighted by atomic mass is 16.5. The summed E-state index contributed by atoms with van der Waals surface area (Å²) >= 11 is 0. The zero-order chi connectivity index (χ0) is 10.4. The van der Waals surface area contributed by atoms with Crippen LogP contribution in [0, 0.1) is 5.92 Å². The first-order valence-electron chi connectivity index (χ1n) is 5.61. The molecule has 1 unspecified atom stereocenters.